The number of anilines is 2. The second-order valence-electron chi connectivity index (χ2n) is 9.89. The molecule has 7 nitrogen and oxygen atoms in total. The van der Waals surface area contributed by atoms with Crippen LogP contribution in [-0.2, 0) is 6.54 Å². The topological polar surface area (TPSA) is 76.1 Å². The lowest BCUT2D eigenvalue weighted by Gasteiger charge is -2.40. The fraction of sp³-hybridized carbons (Fsp3) is 0.393. The van der Waals surface area contributed by atoms with Gasteiger partial charge >= 0.3 is 0 Å². The second-order valence-corrected chi connectivity index (χ2v) is 9.89. The molecule has 2 saturated heterocycles. The molecule has 0 spiro atoms. The molecule has 2 aromatic carbocycles. The summed E-state index contributed by atoms with van der Waals surface area (Å²) in [6.45, 7) is 4.69. The monoisotopic (exact) mass is 485 g/mol. The van der Waals surface area contributed by atoms with Gasteiger partial charge in [0.15, 0.2) is 5.65 Å². The van der Waals surface area contributed by atoms with E-state index in [1.165, 1.54) is 38.4 Å². The average Bonchev–Trinajstić information content (AvgIpc) is 3.24. The molecule has 4 aromatic rings. The second kappa shape index (κ2) is 9.85. The van der Waals surface area contributed by atoms with E-state index in [0.717, 1.165) is 31.5 Å². The van der Waals surface area contributed by atoms with Crippen molar-refractivity contribution in [2.24, 2.45) is 0 Å². The molecule has 2 fully saturated rings. The number of nitrogens with zero attached hydrogens (tertiary/aromatic N) is 6. The molecule has 0 bridgehead atoms. The molecule has 4 heterocycles. The maximum Gasteiger partial charge on any atom is 0.228 e. The first-order valence-electron chi connectivity index (χ1n) is 13.0. The highest BCUT2D eigenvalue weighted by Gasteiger charge is 2.28. The van der Waals surface area contributed by atoms with Gasteiger partial charge in [0.1, 0.15) is 11.6 Å². The predicted molar refractivity (Wildman–Crippen MR) is 141 cm³/mol. The Labute approximate surface area is 210 Å². The summed E-state index contributed by atoms with van der Waals surface area (Å²) >= 11 is 0. The van der Waals surface area contributed by atoms with Crippen molar-refractivity contribution in [1.29, 1.82) is 0 Å². The van der Waals surface area contributed by atoms with Gasteiger partial charge in [-0.3, -0.25) is 0 Å². The van der Waals surface area contributed by atoms with E-state index in [2.05, 4.69) is 9.80 Å². The number of hydrogen-bond acceptors (Lipinski definition) is 6. The number of halogens is 1. The smallest absolute Gasteiger partial charge is 0.228 e. The zero-order chi connectivity index (χ0) is 24.5. The van der Waals surface area contributed by atoms with Crippen molar-refractivity contribution in [2.75, 3.05) is 36.8 Å². The molecule has 0 saturated carbocycles. The molecule has 2 aliphatic rings. The first kappa shape index (κ1) is 22.9. The third kappa shape index (κ3) is 4.41. The van der Waals surface area contributed by atoms with Crippen LogP contribution in [0.3, 0.4) is 0 Å². The zero-order valence-electron chi connectivity index (χ0n) is 20.5. The first-order valence-corrected chi connectivity index (χ1v) is 13.0. The number of nitrogens with two attached hydrogens (primary N) is 1. The lowest BCUT2D eigenvalue weighted by Crippen LogP contribution is -2.47. The van der Waals surface area contributed by atoms with Crippen LogP contribution < -0.4 is 10.6 Å². The molecular weight excluding hydrogens is 453 g/mol. The Morgan fingerprint density at radius 3 is 2.33 bits per heavy atom. The Kier molecular flexibility index (Phi) is 6.27. The highest BCUT2D eigenvalue weighted by atomic mass is 19.1. The predicted octanol–water partition coefficient (Wildman–Crippen LogP) is 4.72. The number of fused-ring (bicyclic) bond motifs is 1. The first-order chi connectivity index (χ1) is 17.7. The standard InChI is InChI=1S/C28H32FN7/c29-23-12-6-5-11-22(23)25-24-26(30)36(19-20-9-3-1-4-10-20)33-27(24)32-28(31-25)35-17-13-21(14-18-35)34-15-7-2-8-16-34/h1,3-6,9-12,21H,2,7-8,13-19,30H2. The third-order valence-corrected chi connectivity index (χ3v) is 7.59. The molecule has 0 radical (unpaired) electrons. The van der Waals surface area contributed by atoms with E-state index in [4.69, 9.17) is 20.8 Å². The molecule has 2 aromatic heterocycles. The Morgan fingerprint density at radius 1 is 0.861 bits per heavy atom. The number of benzene rings is 2. The average molecular weight is 486 g/mol. The summed E-state index contributed by atoms with van der Waals surface area (Å²) in [5.74, 6) is 0.715. The van der Waals surface area contributed by atoms with E-state index in [9.17, 15) is 4.39 Å². The minimum atomic E-state index is -0.331. The Morgan fingerprint density at radius 2 is 1.58 bits per heavy atom. The van der Waals surface area contributed by atoms with Crippen LogP contribution in [-0.4, -0.2) is 56.9 Å². The van der Waals surface area contributed by atoms with E-state index in [-0.39, 0.29) is 5.82 Å². The van der Waals surface area contributed by atoms with Gasteiger partial charge in [0.2, 0.25) is 5.95 Å². The molecule has 2 N–H and O–H groups in total. The largest absolute Gasteiger partial charge is 0.383 e. The van der Waals surface area contributed by atoms with Crippen LogP contribution in [0.4, 0.5) is 16.2 Å². The molecule has 0 aliphatic carbocycles. The summed E-state index contributed by atoms with van der Waals surface area (Å²) in [6.07, 6.45) is 6.13. The number of aromatic nitrogens is 4. The van der Waals surface area contributed by atoms with Crippen molar-refractivity contribution in [2.45, 2.75) is 44.7 Å². The summed E-state index contributed by atoms with van der Waals surface area (Å²) in [4.78, 5) is 14.6. The van der Waals surface area contributed by atoms with Crippen LogP contribution in [0, 0.1) is 5.82 Å². The van der Waals surface area contributed by atoms with Crippen molar-refractivity contribution < 1.29 is 4.39 Å². The van der Waals surface area contributed by atoms with E-state index in [0.29, 0.717) is 46.6 Å². The van der Waals surface area contributed by atoms with Crippen LogP contribution in [0.25, 0.3) is 22.3 Å². The summed E-state index contributed by atoms with van der Waals surface area (Å²) in [5.41, 5.74) is 9.09. The van der Waals surface area contributed by atoms with Crippen molar-refractivity contribution in [3.63, 3.8) is 0 Å². The van der Waals surface area contributed by atoms with Crippen LogP contribution in [0.1, 0.15) is 37.7 Å². The van der Waals surface area contributed by atoms with Gasteiger partial charge in [0.05, 0.1) is 17.6 Å². The molecule has 0 unspecified atom stereocenters. The fourth-order valence-electron chi connectivity index (χ4n) is 5.62. The van der Waals surface area contributed by atoms with Gasteiger partial charge in [-0.05, 0) is 56.5 Å². The molecule has 0 amide bonds. The Hall–Kier alpha value is -3.52. The Balaban J connectivity index is 1.36. The van der Waals surface area contributed by atoms with Gasteiger partial charge in [-0.1, -0.05) is 48.9 Å². The molecule has 186 valence electrons. The number of piperidine rings is 2. The fourth-order valence-corrected chi connectivity index (χ4v) is 5.62. The summed E-state index contributed by atoms with van der Waals surface area (Å²) < 4.78 is 16.7. The van der Waals surface area contributed by atoms with Crippen LogP contribution in [0.2, 0.25) is 0 Å². The third-order valence-electron chi connectivity index (χ3n) is 7.59. The summed E-state index contributed by atoms with van der Waals surface area (Å²) in [5, 5.41) is 5.35. The highest BCUT2D eigenvalue weighted by molar-refractivity contribution is 5.99. The van der Waals surface area contributed by atoms with Crippen LogP contribution in [0.15, 0.2) is 54.6 Å². The van der Waals surface area contributed by atoms with Crippen molar-refractivity contribution in [1.82, 2.24) is 24.6 Å². The van der Waals surface area contributed by atoms with Gasteiger partial charge < -0.3 is 15.5 Å². The van der Waals surface area contributed by atoms with Gasteiger partial charge in [-0.2, -0.15) is 4.98 Å². The van der Waals surface area contributed by atoms with Gasteiger partial charge in [-0.25, -0.2) is 14.1 Å². The van der Waals surface area contributed by atoms with Gasteiger partial charge in [0.25, 0.3) is 0 Å². The molecular formula is C28H32FN7. The maximum atomic E-state index is 15.0. The van der Waals surface area contributed by atoms with E-state index in [1.54, 1.807) is 16.8 Å². The number of nitrogen functional groups attached to an aromatic ring is 1. The van der Waals surface area contributed by atoms with Crippen molar-refractivity contribution in [3.05, 3.63) is 66.0 Å². The normalized spacial score (nSPS) is 17.6. The van der Waals surface area contributed by atoms with E-state index >= 15 is 0 Å². The van der Waals surface area contributed by atoms with Crippen molar-refractivity contribution >= 4 is 22.8 Å². The lowest BCUT2D eigenvalue weighted by molar-refractivity contribution is 0.141. The minimum Gasteiger partial charge on any atom is -0.383 e. The van der Waals surface area contributed by atoms with Gasteiger partial charge in [0, 0.05) is 24.7 Å². The number of likely N-dealkylation sites (tertiary alicyclic amines) is 1. The molecule has 6 rings (SSSR count). The lowest BCUT2D eigenvalue weighted by atomic mass is 10.00. The zero-order valence-corrected chi connectivity index (χ0v) is 20.5. The minimum absolute atomic E-state index is 0.331. The maximum absolute atomic E-state index is 15.0. The molecule has 0 atom stereocenters. The molecule has 36 heavy (non-hydrogen) atoms. The number of rotatable bonds is 5. The van der Waals surface area contributed by atoms with E-state index in [1.807, 2.05) is 36.4 Å². The number of hydrogen-bond donors (Lipinski definition) is 1. The Bertz CT molecular complexity index is 1340. The van der Waals surface area contributed by atoms with Gasteiger partial charge in [-0.15, -0.1) is 5.10 Å². The highest BCUT2D eigenvalue weighted by Crippen LogP contribution is 2.34. The van der Waals surface area contributed by atoms with Crippen molar-refractivity contribution in [3.8, 4) is 11.3 Å². The summed E-state index contributed by atoms with van der Waals surface area (Å²) in [7, 11) is 0. The summed E-state index contributed by atoms with van der Waals surface area (Å²) in [6, 6.07) is 17.4. The van der Waals surface area contributed by atoms with Crippen LogP contribution >= 0.6 is 0 Å². The quantitative estimate of drug-likeness (QED) is 0.441. The van der Waals surface area contributed by atoms with E-state index < -0.39 is 0 Å². The van der Waals surface area contributed by atoms with Crippen LogP contribution in [0.5, 0.6) is 0 Å². The SMILES string of the molecule is Nc1c2c(-c3ccccc3F)nc(N3CCC(N4CCCCC4)CC3)nc2nn1Cc1ccccc1. The molecule has 8 heteroatoms. The molecule has 2 aliphatic heterocycles.